The second-order valence-corrected chi connectivity index (χ2v) is 9.83. The van der Waals surface area contributed by atoms with Crippen LogP contribution in [0.3, 0.4) is 0 Å². The molecule has 0 saturated carbocycles. The predicted molar refractivity (Wildman–Crippen MR) is 161 cm³/mol. The lowest BCUT2D eigenvalue weighted by molar-refractivity contribution is -0.120. The van der Waals surface area contributed by atoms with Crippen molar-refractivity contribution in [2.75, 3.05) is 13.2 Å². The van der Waals surface area contributed by atoms with Crippen molar-refractivity contribution in [3.05, 3.63) is 133 Å². The summed E-state index contributed by atoms with van der Waals surface area (Å²) in [7, 11) is 0. The molecule has 0 fully saturated rings. The number of hydrogen-bond donors (Lipinski definition) is 1. The van der Waals surface area contributed by atoms with Crippen molar-refractivity contribution in [1.29, 1.82) is 0 Å². The summed E-state index contributed by atoms with van der Waals surface area (Å²) in [6.07, 6.45) is 0.992. The second kappa shape index (κ2) is 11.9. The van der Waals surface area contributed by atoms with E-state index in [1.807, 2.05) is 72.8 Å². The molecule has 198 valence electrons. The Kier molecular flexibility index (Phi) is 7.53. The fourth-order valence-electron chi connectivity index (χ4n) is 5.14. The Morgan fingerprint density at radius 2 is 1.48 bits per heavy atom. The first kappa shape index (κ1) is 25.4. The van der Waals surface area contributed by atoms with Gasteiger partial charge in [0.25, 0.3) is 0 Å². The van der Waals surface area contributed by atoms with Crippen molar-refractivity contribution in [1.82, 2.24) is 14.9 Å². The Labute approximate surface area is 234 Å². The Hall–Kier alpha value is -4.90. The third-order valence-corrected chi connectivity index (χ3v) is 7.15. The molecule has 0 aliphatic rings. The van der Waals surface area contributed by atoms with Gasteiger partial charge in [0.05, 0.1) is 24.0 Å². The van der Waals surface area contributed by atoms with E-state index in [-0.39, 0.29) is 5.91 Å². The topological polar surface area (TPSA) is 56.2 Å². The van der Waals surface area contributed by atoms with Crippen LogP contribution in [0.5, 0.6) is 5.75 Å². The summed E-state index contributed by atoms with van der Waals surface area (Å²) < 4.78 is 8.43. The van der Waals surface area contributed by atoms with Gasteiger partial charge in [-0.15, -0.1) is 0 Å². The predicted octanol–water partition coefficient (Wildman–Crippen LogP) is 6.84. The first-order valence-corrected chi connectivity index (χ1v) is 13.7. The summed E-state index contributed by atoms with van der Waals surface area (Å²) in [6, 6.07) is 41.0. The van der Waals surface area contributed by atoms with Crippen molar-refractivity contribution < 1.29 is 9.53 Å². The molecule has 6 aromatic rings. The molecule has 5 heteroatoms. The van der Waals surface area contributed by atoms with Gasteiger partial charge in [-0.1, -0.05) is 103 Å². The smallest absolute Gasteiger partial charge is 0.224 e. The molecule has 1 N–H and O–H groups in total. The SMILES string of the molecule is O=C(Cc1ccc(-c2ccccc2)cc1)NCCc1nc2ccccc2n1CCOc1cccc2ccccc12. The van der Waals surface area contributed by atoms with E-state index in [4.69, 9.17) is 9.72 Å². The van der Waals surface area contributed by atoms with Crippen LogP contribution in [0.1, 0.15) is 11.4 Å². The molecule has 40 heavy (non-hydrogen) atoms. The van der Waals surface area contributed by atoms with Gasteiger partial charge in [0, 0.05) is 18.4 Å². The van der Waals surface area contributed by atoms with Crippen LogP contribution in [0.15, 0.2) is 121 Å². The van der Waals surface area contributed by atoms with Crippen molar-refractivity contribution in [3.8, 4) is 16.9 Å². The number of carbonyl (C=O) groups excluding carboxylic acids is 1. The van der Waals surface area contributed by atoms with Crippen LogP contribution in [0.4, 0.5) is 0 Å². The van der Waals surface area contributed by atoms with Crippen molar-refractivity contribution in [3.63, 3.8) is 0 Å². The average molecular weight is 526 g/mol. The van der Waals surface area contributed by atoms with Crippen LogP contribution in [0, 0.1) is 0 Å². The molecule has 0 unspecified atom stereocenters. The Morgan fingerprint density at radius 1 is 0.750 bits per heavy atom. The van der Waals surface area contributed by atoms with Crippen molar-refractivity contribution in [2.45, 2.75) is 19.4 Å². The first-order valence-electron chi connectivity index (χ1n) is 13.7. The quantitative estimate of drug-likeness (QED) is 0.213. The van der Waals surface area contributed by atoms with E-state index < -0.39 is 0 Å². The van der Waals surface area contributed by atoms with Crippen molar-refractivity contribution in [2.24, 2.45) is 0 Å². The van der Waals surface area contributed by atoms with Crippen LogP contribution in [0.25, 0.3) is 32.9 Å². The molecule has 0 aliphatic carbocycles. The molecule has 0 aliphatic heterocycles. The molecule has 0 bridgehead atoms. The van der Waals surface area contributed by atoms with E-state index >= 15 is 0 Å². The number of fused-ring (bicyclic) bond motifs is 2. The second-order valence-electron chi connectivity index (χ2n) is 9.83. The van der Waals surface area contributed by atoms with Gasteiger partial charge in [0.1, 0.15) is 18.2 Å². The van der Waals surface area contributed by atoms with E-state index in [2.05, 4.69) is 58.4 Å². The molecule has 1 amide bonds. The number of rotatable bonds is 10. The third-order valence-electron chi connectivity index (χ3n) is 7.15. The Bertz CT molecular complexity index is 1740. The monoisotopic (exact) mass is 525 g/mol. The van der Waals surface area contributed by atoms with Gasteiger partial charge in [0.15, 0.2) is 0 Å². The zero-order valence-corrected chi connectivity index (χ0v) is 22.3. The minimum absolute atomic E-state index is 0.00871. The van der Waals surface area contributed by atoms with Gasteiger partial charge >= 0.3 is 0 Å². The lowest BCUT2D eigenvalue weighted by atomic mass is 10.0. The summed E-state index contributed by atoms with van der Waals surface area (Å²) >= 11 is 0. The van der Waals surface area contributed by atoms with Gasteiger partial charge in [-0.3, -0.25) is 4.79 Å². The standard InChI is InChI=1S/C35H31N3O2/c39-35(25-26-17-19-28(20-18-26)27-9-2-1-3-10-27)36-22-21-34-37-31-14-6-7-15-32(31)38(34)23-24-40-33-16-8-12-29-11-4-5-13-30(29)33/h1-20H,21-25H2,(H,36,39). The molecule has 5 nitrogen and oxygen atoms in total. The van der Waals surface area contributed by atoms with E-state index in [0.717, 1.165) is 44.5 Å². The highest BCUT2D eigenvalue weighted by molar-refractivity contribution is 5.88. The number of benzene rings is 5. The number of nitrogens with zero attached hydrogens (tertiary/aromatic N) is 2. The molecule has 1 heterocycles. The number of carbonyl (C=O) groups is 1. The molecular weight excluding hydrogens is 494 g/mol. The van der Waals surface area contributed by atoms with Gasteiger partial charge in [-0.25, -0.2) is 4.98 Å². The summed E-state index contributed by atoms with van der Waals surface area (Å²) in [6.45, 7) is 1.71. The summed E-state index contributed by atoms with van der Waals surface area (Å²) in [4.78, 5) is 17.6. The molecule has 0 atom stereocenters. The Balaban J connectivity index is 1.07. The maximum atomic E-state index is 12.7. The maximum absolute atomic E-state index is 12.7. The number of hydrogen-bond acceptors (Lipinski definition) is 3. The highest BCUT2D eigenvalue weighted by atomic mass is 16.5. The summed E-state index contributed by atoms with van der Waals surface area (Å²) in [5, 5.41) is 5.35. The van der Waals surface area contributed by atoms with E-state index in [9.17, 15) is 4.79 Å². The molecule has 5 aromatic carbocycles. The van der Waals surface area contributed by atoms with Crippen LogP contribution in [-0.2, 0) is 24.2 Å². The van der Waals surface area contributed by atoms with Crippen LogP contribution in [-0.4, -0.2) is 28.6 Å². The van der Waals surface area contributed by atoms with E-state index in [1.165, 1.54) is 5.56 Å². The number of para-hydroxylation sites is 2. The summed E-state index contributed by atoms with van der Waals surface area (Å²) in [5.41, 5.74) is 5.34. The van der Waals surface area contributed by atoms with Crippen LogP contribution < -0.4 is 10.1 Å². The molecule has 0 spiro atoms. The lowest BCUT2D eigenvalue weighted by Gasteiger charge is -2.13. The first-order chi connectivity index (χ1) is 19.7. The molecule has 0 radical (unpaired) electrons. The Morgan fingerprint density at radius 3 is 2.35 bits per heavy atom. The van der Waals surface area contributed by atoms with E-state index in [1.54, 1.807) is 0 Å². The van der Waals surface area contributed by atoms with E-state index in [0.29, 0.717) is 32.5 Å². The number of ether oxygens (including phenoxy) is 1. The normalized spacial score (nSPS) is 11.1. The maximum Gasteiger partial charge on any atom is 0.224 e. The zero-order valence-electron chi connectivity index (χ0n) is 22.3. The molecule has 1 aromatic heterocycles. The van der Waals surface area contributed by atoms with Gasteiger partial charge < -0.3 is 14.6 Å². The summed E-state index contributed by atoms with van der Waals surface area (Å²) in [5.74, 6) is 1.83. The highest BCUT2D eigenvalue weighted by Gasteiger charge is 2.12. The van der Waals surface area contributed by atoms with Gasteiger partial charge in [0.2, 0.25) is 5.91 Å². The molecule has 6 rings (SSSR count). The lowest BCUT2D eigenvalue weighted by Crippen LogP contribution is -2.28. The number of nitrogens with one attached hydrogen (secondary N) is 1. The average Bonchev–Trinajstić information content (AvgIpc) is 3.35. The third kappa shape index (κ3) is 5.74. The number of imidazole rings is 1. The number of amides is 1. The highest BCUT2D eigenvalue weighted by Crippen LogP contribution is 2.25. The fraction of sp³-hybridized carbons (Fsp3) is 0.143. The van der Waals surface area contributed by atoms with Gasteiger partial charge in [-0.2, -0.15) is 0 Å². The van der Waals surface area contributed by atoms with Crippen LogP contribution in [0.2, 0.25) is 0 Å². The minimum Gasteiger partial charge on any atom is -0.491 e. The largest absolute Gasteiger partial charge is 0.491 e. The van der Waals surface area contributed by atoms with Gasteiger partial charge in [-0.05, 0) is 40.3 Å². The number of aromatic nitrogens is 2. The van der Waals surface area contributed by atoms with Crippen LogP contribution >= 0.6 is 0 Å². The zero-order chi connectivity index (χ0) is 27.1. The molecular formula is C35H31N3O2. The molecule has 0 saturated heterocycles. The minimum atomic E-state index is 0.00871. The fourth-order valence-corrected chi connectivity index (χ4v) is 5.14. The van der Waals surface area contributed by atoms with Crippen molar-refractivity contribution >= 4 is 27.7 Å².